The van der Waals surface area contributed by atoms with E-state index in [1.807, 2.05) is 0 Å². The van der Waals surface area contributed by atoms with Crippen LogP contribution < -0.4 is 5.73 Å². The highest BCUT2D eigenvalue weighted by atomic mass is 16.5. The van der Waals surface area contributed by atoms with Crippen LogP contribution in [0.4, 0.5) is 5.69 Å². The van der Waals surface area contributed by atoms with Crippen LogP contribution in [0.3, 0.4) is 0 Å². The molecule has 2 aromatic rings. The first kappa shape index (κ1) is 10.2. The second kappa shape index (κ2) is 4.14. The molecule has 17 heavy (non-hydrogen) atoms. The van der Waals surface area contributed by atoms with Crippen LogP contribution in [0, 0.1) is 0 Å². The molecule has 3 heterocycles. The molecule has 1 aliphatic rings. The zero-order valence-corrected chi connectivity index (χ0v) is 9.17. The second-order valence-corrected chi connectivity index (χ2v) is 3.90. The lowest BCUT2D eigenvalue weighted by Gasteiger charge is -2.01. The Morgan fingerprint density at radius 3 is 3.12 bits per heavy atom. The molecule has 0 aromatic carbocycles. The Labute approximate surface area is 97.8 Å². The number of rotatable bonds is 2. The minimum absolute atomic E-state index is 0.0579. The Morgan fingerprint density at radius 2 is 2.35 bits per heavy atom. The summed E-state index contributed by atoms with van der Waals surface area (Å²) in [5.41, 5.74) is 6.83. The maximum absolute atomic E-state index is 5.79. The predicted molar refractivity (Wildman–Crippen MR) is 59.9 cm³/mol. The van der Waals surface area contributed by atoms with Crippen molar-refractivity contribution in [3.05, 3.63) is 24.2 Å². The van der Waals surface area contributed by atoms with E-state index in [0.717, 1.165) is 19.4 Å². The third-order valence-electron chi connectivity index (χ3n) is 2.70. The molecule has 0 saturated carbocycles. The maximum Gasteiger partial charge on any atom is 0.278 e. The van der Waals surface area contributed by atoms with Crippen LogP contribution in [0.1, 0.15) is 24.8 Å². The van der Waals surface area contributed by atoms with Gasteiger partial charge in [0, 0.05) is 12.8 Å². The molecular formula is C11H12N4O2. The Bertz CT molecular complexity index is 520. The van der Waals surface area contributed by atoms with Crippen molar-refractivity contribution in [2.24, 2.45) is 0 Å². The van der Waals surface area contributed by atoms with Crippen molar-refractivity contribution in [3.8, 4) is 11.6 Å². The van der Waals surface area contributed by atoms with E-state index >= 15 is 0 Å². The first-order valence-electron chi connectivity index (χ1n) is 5.50. The van der Waals surface area contributed by atoms with E-state index in [-0.39, 0.29) is 6.10 Å². The van der Waals surface area contributed by atoms with Gasteiger partial charge in [-0.05, 0) is 25.0 Å². The van der Waals surface area contributed by atoms with Crippen LogP contribution in [0.15, 0.2) is 22.9 Å². The predicted octanol–water partition coefficient (Wildman–Crippen LogP) is 1.57. The fourth-order valence-corrected chi connectivity index (χ4v) is 1.84. The molecule has 0 bridgehead atoms. The fourth-order valence-electron chi connectivity index (χ4n) is 1.84. The molecule has 6 nitrogen and oxygen atoms in total. The van der Waals surface area contributed by atoms with E-state index in [1.54, 1.807) is 18.3 Å². The highest BCUT2D eigenvalue weighted by Gasteiger charge is 2.24. The van der Waals surface area contributed by atoms with Gasteiger partial charge in [0.25, 0.3) is 5.89 Å². The summed E-state index contributed by atoms with van der Waals surface area (Å²) in [7, 11) is 0. The molecule has 2 aromatic heterocycles. The van der Waals surface area contributed by atoms with Crippen LogP contribution in [-0.2, 0) is 4.74 Å². The lowest BCUT2D eigenvalue weighted by molar-refractivity contribution is 0.103. The molecule has 1 saturated heterocycles. The van der Waals surface area contributed by atoms with Crippen LogP contribution >= 0.6 is 0 Å². The minimum Gasteiger partial charge on any atom is -0.397 e. The van der Waals surface area contributed by atoms with Gasteiger partial charge in [-0.2, -0.15) is 4.98 Å². The number of aromatic nitrogens is 3. The molecule has 1 atom stereocenters. The number of nitrogens with two attached hydrogens (primary N) is 1. The van der Waals surface area contributed by atoms with Crippen LogP contribution in [0.25, 0.3) is 11.6 Å². The van der Waals surface area contributed by atoms with Gasteiger partial charge in [0.2, 0.25) is 5.82 Å². The third kappa shape index (κ3) is 1.87. The monoisotopic (exact) mass is 232 g/mol. The highest BCUT2D eigenvalue weighted by Crippen LogP contribution is 2.28. The topological polar surface area (TPSA) is 87.1 Å². The molecular weight excluding hydrogens is 220 g/mol. The number of ether oxygens (including phenoxy) is 1. The van der Waals surface area contributed by atoms with E-state index in [9.17, 15) is 0 Å². The molecule has 0 amide bonds. The number of nitrogens with zero attached hydrogens (tertiary/aromatic N) is 3. The van der Waals surface area contributed by atoms with Crippen molar-refractivity contribution in [2.75, 3.05) is 12.3 Å². The molecule has 6 heteroatoms. The van der Waals surface area contributed by atoms with Crippen molar-refractivity contribution in [3.63, 3.8) is 0 Å². The second-order valence-electron chi connectivity index (χ2n) is 3.90. The van der Waals surface area contributed by atoms with E-state index in [1.165, 1.54) is 0 Å². The summed E-state index contributed by atoms with van der Waals surface area (Å²) in [4.78, 5) is 8.40. The average Bonchev–Trinajstić information content (AvgIpc) is 3.00. The van der Waals surface area contributed by atoms with E-state index < -0.39 is 0 Å². The molecule has 2 N–H and O–H groups in total. The van der Waals surface area contributed by atoms with Crippen molar-refractivity contribution in [2.45, 2.75) is 18.9 Å². The van der Waals surface area contributed by atoms with Crippen molar-refractivity contribution in [1.29, 1.82) is 0 Å². The normalized spacial score (nSPS) is 19.6. The summed E-state index contributed by atoms with van der Waals surface area (Å²) in [6.07, 6.45) is 3.54. The SMILES string of the molecule is Nc1cccnc1-c1nc(C2CCCO2)no1. The Morgan fingerprint density at radius 1 is 1.41 bits per heavy atom. The third-order valence-corrected chi connectivity index (χ3v) is 2.70. The fraction of sp³-hybridized carbons (Fsp3) is 0.364. The van der Waals surface area contributed by atoms with Crippen molar-refractivity contribution in [1.82, 2.24) is 15.1 Å². The molecule has 1 aliphatic heterocycles. The average molecular weight is 232 g/mol. The number of hydrogen-bond donors (Lipinski definition) is 1. The lowest BCUT2D eigenvalue weighted by Crippen LogP contribution is -1.98. The summed E-state index contributed by atoms with van der Waals surface area (Å²) >= 11 is 0. The number of nitrogen functional groups attached to an aromatic ring is 1. The van der Waals surface area contributed by atoms with Gasteiger partial charge >= 0.3 is 0 Å². The van der Waals surface area contributed by atoms with Crippen LogP contribution in [0.2, 0.25) is 0 Å². The first-order valence-corrected chi connectivity index (χ1v) is 5.50. The van der Waals surface area contributed by atoms with Crippen LogP contribution in [0.5, 0.6) is 0 Å². The van der Waals surface area contributed by atoms with E-state index in [2.05, 4.69) is 15.1 Å². The number of anilines is 1. The van der Waals surface area contributed by atoms with Gasteiger partial charge in [0.15, 0.2) is 5.69 Å². The highest BCUT2D eigenvalue weighted by molar-refractivity contribution is 5.65. The van der Waals surface area contributed by atoms with E-state index in [0.29, 0.717) is 23.1 Å². The van der Waals surface area contributed by atoms with Crippen molar-refractivity contribution >= 4 is 5.69 Å². The zero-order valence-electron chi connectivity index (χ0n) is 9.17. The Hall–Kier alpha value is -1.95. The molecule has 0 radical (unpaired) electrons. The maximum atomic E-state index is 5.79. The molecule has 0 spiro atoms. The summed E-state index contributed by atoms with van der Waals surface area (Å²) in [5.74, 6) is 0.913. The molecule has 0 aliphatic carbocycles. The summed E-state index contributed by atoms with van der Waals surface area (Å²) in [6, 6.07) is 3.51. The van der Waals surface area contributed by atoms with Crippen LogP contribution in [-0.4, -0.2) is 21.7 Å². The Balaban J connectivity index is 1.92. The summed E-state index contributed by atoms with van der Waals surface area (Å²) < 4.78 is 10.6. The smallest absolute Gasteiger partial charge is 0.278 e. The number of pyridine rings is 1. The van der Waals surface area contributed by atoms with Gasteiger partial charge in [0.1, 0.15) is 6.10 Å². The van der Waals surface area contributed by atoms with Gasteiger partial charge in [-0.3, -0.25) is 0 Å². The zero-order chi connectivity index (χ0) is 11.7. The van der Waals surface area contributed by atoms with Gasteiger partial charge in [0.05, 0.1) is 5.69 Å². The minimum atomic E-state index is -0.0579. The first-order chi connectivity index (χ1) is 8.34. The van der Waals surface area contributed by atoms with Gasteiger partial charge in [-0.1, -0.05) is 5.16 Å². The largest absolute Gasteiger partial charge is 0.397 e. The molecule has 1 fully saturated rings. The quantitative estimate of drug-likeness (QED) is 0.845. The molecule has 88 valence electrons. The number of hydrogen-bond acceptors (Lipinski definition) is 6. The molecule has 1 unspecified atom stereocenters. The van der Waals surface area contributed by atoms with E-state index in [4.69, 9.17) is 15.0 Å². The van der Waals surface area contributed by atoms with Crippen molar-refractivity contribution < 1.29 is 9.26 Å². The summed E-state index contributed by atoms with van der Waals surface area (Å²) in [6.45, 7) is 0.750. The standard InChI is InChI=1S/C11H12N4O2/c12-7-3-1-5-13-9(7)11-14-10(15-17-11)8-4-2-6-16-8/h1,3,5,8H,2,4,6,12H2. The van der Waals surface area contributed by atoms with Gasteiger partial charge in [-0.15, -0.1) is 0 Å². The van der Waals surface area contributed by atoms with Gasteiger partial charge < -0.3 is 15.0 Å². The Kier molecular flexibility index (Phi) is 2.49. The molecule has 3 rings (SSSR count). The lowest BCUT2D eigenvalue weighted by atomic mass is 10.2. The van der Waals surface area contributed by atoms with Gasteiger partial charge in [-0.25, -0.2) is 4.98 Å². The summed E-state index contributed by atoms with van der Waals surface area (Å²) in [5, 5.41) is 3.91.